The summed E-state index contributed by atoms with van der Waals surface area (Å²) in [6.07, 6.45) is 3.30. The van der Waals surface area contributed by atoms with E-state index in [9.17, 15) is 44.8 Å². The number of rotatable bonds is 13. The average molecular weight is 488 g/mol. The minimum atomic E-state index is -1.34. The molecule has 34 heavy (non-hydrogen) atoms. The van der Waals surface area contributed by atoms with E-state index in [1.165, 1.54) is 0 Å². The molecule has 0 heterocycles. The van der Waals surface area contributed by atoms with Crippen LogP contribution in [0.5, 0.6) is 0 Å². The highest BCUT2D eigenvalue weighted by Gasteiger charge is 2.48. The van der Waals surface area contributed by atoms with Crippen molar-refractivity contribution in [3.8, 4) is 0 Å². The maximum Gasteiger partial charge on any atom is 0.314 e. The molecule has 1 amide bonds. The quantitative estimate of drug-likeness (QED) is 0.161. The highest BCUT2D eigenvalue weighted by Crippen LogP contribution is 2.33. The van der Waals surface area contributed by atoms with Crippen LogP contribution in [0.15, 0.2) is 0 Å². The zero-order valence-electron chi connectivity index (χ0n) is 18.8. The van der Waals surface area contributed by atoms with Crippen molar-refractivity contribution in [2.24, 2.45) is 23.7 Å². The summed E-state index contributed by atoms with van der Waals surface area (Å²) in [4.78, 5) is 61.9. The van der Waals surface area contributed by atoms with Gasteiger partial charge >= 0.3 is 11.9 Å². The molecule has 0 bridgehead atoms. The number of carboxylic acids is 2. The Morgan fingerprint density at radius 1 is 0.853 bits per heavy atom. The number of hydrogen-bond donors (Lipinski definition) is 4. The lowest BCUT2D eigenvalue weighted by Crippen LogP contribution is -2.48. The number of amides is 1. The van der Waals surface area contributed by atoms with E-state index in [1.807, 2.05) is 0 Å². The standard InChI is InChI=1S/C20H32N4O10/c25-18(13-6-4-8-15(24(32)33)17(13)20(28)29)21-9-1-2-10-22-34-11-12-5-3-7-14(23(30)31)16(12)19(26)27/h12-17,22H,1-11H2,(H,21,25)(H,26,27)(H,28,29). The lowest BCUT2D eigenvalue weighted by atomic mass is 9.75. The van der Waals surface area contributed by atoms with Gasteiger partial charge in [-0.1, -0.05) is 0 Å². The van der Waals surface area contributed by atoms with Gasteiger partial charge in [0.05, 0.1) is 12.5 Å². The third kappa shape index (κ3) is 7.32. The van der Waals surface area contributed by atoms with E-state index >= 15 is 0 Å². The van der Waals surface area contributed by atoms with Crippen molar-refractivity contribution in [1.82, 2.24) is 10.8 Å². The average Bonchev–Trinajstić information content (AvgIpc) is 2.79. The second kappa shape index (κ2) is 13.1. The summed E-state index contributed by atoms with van der Waals surface area (Å²) in [5, 5.41) is 43.7. The molecule has 0 aromatic heterocycles. The van der Waals surface area contributed by atoms with Gasteiger partial charge in [-0.05, 0) is 38.5 Å². The molecular weight excluding hydrogens is 456 g/mol. The van der Waals surface area contributed by atoms with Crippen LogP contribution in [0.25, 0.3) is 0 Å². The summed E-state index contributed by atoms with van der Waals surface area (Å²) in [6, 6.07) is -2.39. The fourth-order valence-electron chi connectivity index (χ4n) is 5.00. The third-order valence-corrected chi connectivity index (χ3v) is 6.71. The smallest absolute Gasteiger partial charge is 0.314 e. The fraction of sp³-hybridized carbons (Fsp3) is 0.850. The molecule has 6 atom stereocenters. The van der Waals surface area contributed by atoms with Crippen LogP contribution in [-0.2, 0) is 19.2 Å². The topological polar surface area (TPSA) is 211 Å². The Morgan fingerprint density at radius 2 is 1.41 bits per heavy atom. The second-order valence-electron chi connectivity index (χ2n) is 8.87. The molecule has 2 fully saturated rings. The number of hydrogen-bond acceptors (Lipinski definition) is 9. The molecule has 0 aliphatic heterocycles. The van der Waals surface area contributed by atoms with E-state index in [1.54, 1.807) is 0 Å². The highest BCUT2D eigenvalue weighted by atomic mass is 16.6. The largest absolute Gasteiger partial charge is 0.481 e. The van der Waals surface area contributed by atoms with Crippen molar-refractivity contribution in [2.75, 3.05) is 19.7 Å². The van der Waals surface area contributed by atoms with Gasteiger partial charge in [-0.15, -0.1) is 0 Å². The number of hydroxylamine groups is 1. The number of aliphatic carboxylic acids is 2. The van der Waals surface area contributed by atoms with Gasteiger partial charge in [0, 0.05) is 41.7 Å². The van der Waals surface area contributed by atoms with E-state index in [-0.39, 0.29) is 26.0 Å². The van der Waals surface area contributed by atoms with Crippen LogP contribution < -0.4 is 10.8 Å². The monoisotopic (exact) mass is 488 g/mol. The SMILES string of the molecule is O=C(NCCCCNOCC1CCCC([N+](=O)[O-])C1C(=O)O)C1CCCC([N+](=O)[O-])C1C(=O)O. The van der Waals surface area contributed by atoms with E-state index in [0.717, 1.165) is 0 Å². The Labute approximate surface area is 195 Å². The summed E-state index contributed by atoms with van der Waals surface area (Å²) in [5.41, 5.74) is 2.70. The fourth-order valence-corrected chi connectivity index (χ4v) is 5.00. The summed E-state index contributed by atoms with van der Waals surface area (Å²) >= 11 is 0. The zero-order valence-corrected chi connectivity index (χ0v) is 18.8. The summed E-state index contributed by atoms with van der Waals surface area (Å²) < 4.78 is 0. The van der Waals surface area contributed by atoms with Crippen LogP contribution in [0.3, 0.4) is 0 Å². The first-order chi connectivity index (χ1) is 16.1. The molecule has 0 saturated heterocycles. The molecule has 4 N–H and O–H groups in total. The van der Waals surface area contributed by atoms with Crippen LogP contribution in [0, 0.1) is 43.9 Å². The number of unbranched alkanes of at least 4 members (excludes halogenated alkanes) is 1. The Hall–Kier alpha value is -2.87. The Morgan fingerprint density at radius 3 is 2.00 bits per heavy atom. The molecule has 0 radical (unpaired) electrons. The highest BCUT2D eigenvalue weighted by molar-refractivity contribution is 5.85. The van der Waals surface area contributed by atoms with E-state index in [2.05, 4.69) is 10.8 Å². The molecular formula is C20H32N4O10. The van der Waals surface area contributed by atoms with Crippen molar-refractivity contribution in [1.29, 1.82) is 0 Å². The Balaban J connectivity index is 1.66. The Bertz CT molecular complexity index is 764. The lowest BCUT2D eigenvalue weighted by Gasteiger charge is -2.30. The number of nitrogens with zero attached hydrogens (tertiary/aromatic N) is 2. The van der Waals surface area contributed by atoms with E-state index in [4.69, 9.17) is 4.84 Å². The Kier molecular flexibility index (Phi) is 10.6. The third-order valence-electron chi connectivity index (χ3n) is 6.71. The van der Waals surface area contributed by atoms with Crippen LogP contribution in [0.2, 0.25) is 0 Å². The zero-order chi connectivity index (χ0) is 25.3. The summed E-state index contributed by atoms with van der Waals surface area (Å²) in [7, 11) is 0. The van der Waals surface area contributed by atoms with Crippen molar-refractivity contribution in [2.45, 2.75) is 63.5 Å². The summed E-state index contributed by atoms with van der Waals surface area (Å²) in [5.74, 6) is -6.87. The molecule has 0 aromatic carbocycles. The molecule has 2 aliphatic rings. The molecule has 0 aromatic rings. The number of nitro groups is 2. The molecule has 2 rings (SSSR count). The van der Waals surface area contributed by atoms with Crippen molar-refractivity contribution >= 4 is 17.8 Å². The number of carbonyl (C=O) groups excluding carboxylic acids is 1. The van der Waals surface area contributed by atoms with Crippen LogP contribution in [-0.4, -0.2) is 69.7 Å². The van der Waals surface area contributed by atoms with Crippen LogP contribution >= 0.6 is 0 Å². The van der Waals surface area contributed by atoms with E-state index in [0.29, 0.717) is 45.1 Å². The molecule has 2 saturated carbocycles. The van der Waals surface area contributed by atoms with Gasteiger partial charge in [0.25, 0.3) is 0 Å². The van der Waals surface area contributed by atoms with Crippen LogP contribution in [0.1, 0.15) is 51.4 Å². The molecule has 192 valence electrons. The minimum absolute atomic E-state index is 0.0356. The minimum Gasteiger partial charge on any atom is -0.481 e. The molecule has 0 spiro atoms. The molecule has 14 nitrogen and oxygen atoms in total. The predicted molar refractivity (Wildman–Crippen MR) is 115 cm³/mol. The van der Waals surface area contributed by atoms with Gasteiger partial charge < -0.3 is 20.4 Å². The van der Waals surface area contributed by atoms with Gasteiger partial charge in [-0.3, -0.25) is 34.6 Å². The van der Waals surface area contributed by atoms with E-state index < -0.39 is 63.4 Å². The molecule has 2 aliphatic carbocycles. The van der Waals surface area contributed by atoms with Crippen LogP contribution in [0.4, 0.5) is 0 Å². The summed E-state index contributed by atoms with van der Waals surface area (Å²) in [6.45, 7) is 0.693. The first kappa shape index (κ1) is 27.4. The molecule has 6 unspecified atom stereocenters. The molecule has 14 heteroatoms. The number of carbonyl (C=O) groups is 3. The maximum absolute atomic E-state index is 12.4. The van der Waals surface area contributed by atoms with Gasteiger partial charge in [-0.2, -0.15) is 0 Å². The van der Waals surface area contributed by atoms with Crippen molar-refractivity contribution < 1.29 is 39.3 Å². The van der Waals surface area contributed by atoms with Gasteiger partial charge in [0.2, 0.25) is 18.0 Å². The maximum atomic E-state index is 12.4. The lowest BCUT2D eigenvalue weighted by molar-refractivity contribution is -0.535. The van der Waals surface area contributed by atoms with Gasteiger partial charge in [0.15, 0.2) is 0 Å². The first-order valence-corrected chi connectivity index (χ1v) is 11.5. The normalized spacial score (nSPS) is 29.2. The number of nitrogens with one attached hydrogen (secondary N) is 2. The first-order valence-electron chi connectivity index (χ1n) is 11.5. The van der Waals surface area contributed by atoms with Crippen molar-refractivity contribution in [3.63, 3.8) is 0 Å². The second-order valence-corrected chi connectivity index (χ2v) is 8.87. The van der Waals surface area contributed by atoms with Crippen molar-refractivity contribution in [3.05, 3.63) is 20.2 Å². The van der Waals surface area contributed by atoms with Gasteiger partial charge in [-0.25, -0.2) is 5.48 Å². The number of carboxylic acid groups (broad SMARTS) is 2. The predicted octanol–water partition coefficient (Wildman–Crippen LogP) is 0.696. The van der Waals surface area contributed by atoms with Gasteiger partial charge in [0.1, 0.15) is 11.8 Å².